The van der Waals surface area contributed by atoms with Crippen LogP contribution >= 0.6 is 0 Å². The zero-order valence-electron chi connectivity index (χ0n) is 12.6. The van der Waals surface area contributed by atoms with Crippen molar-refractivity contribution in [2.45, 2.75) is 64.9 Å². The van der Waals surface area contributed by atoms with Crippen LogP contribution in [0.15, 0.2) is 23.0 Å². The molecule has 1 saturated carbocycles. The maximum Gasteiger partial charge on any atom is 0.139 e. The predicted molar refractivity (Wildman–Crippen MR) is 78.1 cm³/mol. The van der Waals surface area contributed by atoms with Gasteiger partial charge in [-0.05, 0) is 62.0 Å². The van der Waals surface area contributed by atoms with Crippen LogP contribution in [0.1, 0.15) is 58.8 Å². The van der Waals surface area contributed by atoms with E-state index in [1.54, 1.807) is 5.57 Å². The zero-order valence-corrected chi connectivity index (χ0v) is 12.6. The maximum absolute atomic E-state index is 12.3. The van der Waals surface area contributed by atoms with Crippen LogP contribution in [0.2, 0.25) is 0 Å². The van der Waals surface area contributed by atoms with Crippen molar-refractivity contribution in [1.82, 2.24) is 0 Å². The number of allylic oxidation sites excluding steroid dienone is 4. The number of ketones is 1. The molecule has 1 heterocycles. The summed E-state index contributed by atoms with van der Waals surface area (Å²) >= 11 is 0. The molecule has 0 spiro atoms. The highest BCUT2D eigenvalue weighted by molar-refractivity contribution is 5.87. The highest BCUT2D eigenvalue weighted by Crippen LogP contribution is 2.57. The van der Waals surface area contributed by atoms with Gasteiger partial charge in [0, 0.05) is 18.3 Å². The van der Waals surface area contributed by atoms with Gasteiger partial charge in [-0.1, -0.05) is 13.0 Å². The molecule has 0 saturated heterocycles. The van der Waals surface area contributed by atoms with Crippen molar-refractivity contribution in [3.05, 3.63) is 23.0 Å². The molecule has 0 bridgehead atoms. The Morgan fingerprint density at radius 2 is 2.05 bits per heavy atom. The summed E-state index contributed by atoms with van der Waals surface area (Å²) in [4.78, 5) is 12.3. The first-order chi connectivity index (χ1) is 9.59. The van der Waals surface area contributed by atoms with Gasteiger partial charge in [-0.15, -0.1) is 0 Å². The van der Waals surface area contributed by atoms with Crippen LogP contribution in [-0.2, 0) is 9.53 Å². The van der Waals surface area contributed by atoms with E-state index in [9.17, 15) is 4.79 Å². The van der Waals surface area contributed by atoms with E-state index in [-0.39, 0.29) is 5.41 Å². The lowest BCUT2D eigenvalue weighted by Crippen LogP contribution is -2.39. The lowest BCUT2D eigenvalue weighted by Gasteiger charge is -2.45. The lowest BCUT2D eigenvalue weighted by atomic mass is 9.60. The fourth-order valence-electron chi connectivity index (χ4n) is 5.06. The van der Waals surface area contributed by atoms with Crippen molar-refractivity contribution in [3.8, 4) is 0 Å². The quantitative estimate of drug-likeness (QED) is 0.661. The van der Waals surface area contributed by atoms with E-state index < -0.39 is 0 Å². The first-order valence-corrected chi connectivity index (χ1v) is 8.22. The minimum Gasteiger partial charge on any atom is -0.495 e. The standard InChI is InChI=1S/C18H24O2/c1-11-3-4-14-12-9-10-18(2)15(6-8-17(18)19)13(12)5-7-16(14)20-11/h9,11,13,15H,3-8,10H2,1-2H3/t11?,13?,15?,18-/m0/s1. The number of fused-ring (bicyclic) bond motifs is 4. The summed E-state index contributed by atoms with van der Waals surface area (Å²) in [6, 6.07) is 0. The smallest absolute Gasteiger partial charge is 0.139 e. The lowest BCUT2D eigenvalue weighted by molar-refractivity contribution is -0.127. The van der Waals surface area contributed by atoms with Crippen LogP contribution in [0, 0.1) is 17.3 Å². The average molecular weight is 272 g/mol. The van der Waals surface area contributed by atoms with Crippen LogP contribution in [0.25, 0.3) is 0 Å². The molecule has 0 aromatic heterocycles. The number of hydrogen-bond acceptors (Lipinski definition) is 2. The average Bonchev–Trinajstić information content (AvgIpc) is 2.74. The van der Waals surface area contributed by atoms with Gasteiger partial charge in [0.2, 0.25) is 0 Å². The van der Waals surface area contributed by atoms with Crippen LogP contribution in [0.5, 0.6) is 0 Å². The van der Waals surface area contributed by atoms with E-state index in [1.807, 2.05) is 0 Å². The van der Waals surface area contributed by atoms with Crippen molar-refractivity contribution in [1.29, 1.82) is 0 Å². The first kappa shape index (κ1) is 12.7. The number of carbonyl (C=O) groups is 1. The second-order valence-electron chi connectivity index (χ2n) is 7.36. The number of Topliss-reactive ketones (excluding diaryl/α,β-unsaturated/α-hetero) is 1. The third kappa shape index (κ3) is 1.60. The molecule has 1 aliphatic heterocycles. The summed E-state index contributed by atoms with van der Waals surface area (Å²) in [6.07, 6.45) is 10.2. The summed E-state index contributed by atoms with van der Waals surface area (Å²) < 4.78 is 6.07. The molecule has 2 nitrogen and oxygen atoms in total. The summed E-state index contributed by atoms with van der Waals surface area (Å²) in [7, 11) is 0. The third-order valence-corrected chi connectivity index (χ3v) is 6.28. The Hall–Kier alpha value is -1.05. The molecule has 0 radical (unpaired) electrons. The molecule has 108 valence electrons. The molecule has 1 fully saturated rings. The second-order valence-corrected chi connectivity index (χ2v) is 7.36. The van der Waals surface area contributed by atoms with Gasteiger partial charge in [0.25, 0.3) is 0 Å². The number of carbonyl (C=O) groups excluding carboxylic acids is 1. The number of rotatable bonds is 0. The minimum atomic E-state index is -0.0605. The van der Waals surface area contributed by atoms with Crippen molar-refractivity contribution >= 4 is 5.78 Å². The van der Waals surface area contributed by atoms with Gasteiger partial charge in [-0.25, -0.2) is 0 Å². The summed E-state index contributed by atoms with van der Waals surface area (Å²) in [5, 5.41) is 0. The Kier molecular flexibility index (Phi) is 2.68. The number of ether oxygens (including phenoxy) is 1. The Balaban J connectivity index is 1.73. The monoisotopic (exact) mass is 272 g/mol. The van der Waals surface area contributed by atoms with Gasteiger partial charge in [0.05, 0.1) is 11.9 Å². The van der Waals surface area contributed by atoms with Gasteiger partial charge in [-0.3, -0.25) is 4.79 Å². The second kappa shape index (κ2) is 4.22. The molecular formula is C18H24O2. The van der Waals surface area contributed by atoms with Gasteiger partial charge in [0.1, 0.15) is 5.78 Å². The Labute approximate surface area is 121 Å². The van der Waals surface area contributed by atoms with E-state index in [1.165, 1.54) is 24.2 Å². The fraction of sp³-hybridized carbons (Fsp3) is 0.722. The highest BCUT2D eigenvalue weighted by atomic mass is 16.5. The minimum absolute atomic E-state index is 0.0605. The van der Waals surface area contributed by atoms with Gasteiger partial charge < -0.3 is 4.74 Å². The third-order valence-electron chi connectivity index (χ3n) is 6.28. The molecule has 2 heteroatoms. The molecule has 3 unspecified atom stereocenters. The SMILES string of the molecule is CC1CCC2=C(CCC3C2=CC[C@]2(C)C(=O)CCC32)O1. The first-order valence-electron chi connectivity index (χ1n) is 8.22. The molecule has 3 aliphatic carbocycles. The molecule has 0 aromatic rings. The summed E-state index contributed by atoms with van der Waals surface area (Å²) in [5.41, 5.74) is 2.99. The number of hydrogen-bond donors (Lipinski definition) is 0. The zero-order chi connectivity index (χ0) is 13.9. The van der Waals surface area contributed by atoms with Crippen molar-refractivity contribution in [3.63, 3.8) is 0 Å². The molecular weight excluding hydrogens is 248 g/mol. The molecule has 0 aromatic carbocycles. The Bertz CT molecular complexity index is 528. The topological polar surface area (TPSA) is 26.3 Å². The molecule has 4 atom stereocenters. The normalized spacial score (nSPS) is 43.4. The maximum atomic E-state index is 12.3. The Morgan fingerprint density at radius 3 is 2.90 bits per heavy atom. The largest absolute Gasteiger partial charge is 0.495 e. The van der Waals surface area contributed by atoms with Crippen LogP contribution in [0.4, 0.5) is 0 Å². The van der Waals surface area contributed by atoms with Crippen LogP contribution in [-0.4, -0.2) is 11.9 Å². The van der Waals surface area contributed by atoms with Crippen molar-refractivity contribution < 1.29 is 9.53 Å². The molecule has 4 rings (SSSR count). The molecule has 4 aliphatic rings. The molecule has 0 N–H and O–H groups in total. The summed E-state index contributed by atoms with van der Waals surface area (Å²) in [5.74, 6) is 2.98. The van der Waals surface area contributed by atoms with E-state index in [2.05, 4.69) is 19.9 Å². The van der Waals surface area contributed by atoms with E-state index >= 15 is 0 Å². The Morgan fingerprint density at radius 1 is 1.20 bits per heavy atom. The van der Waals surface area contributed by atoms with Crippen LogP contribution < -0.4 is 0 Å². The molecule has 0 amide bonds. The van der Waals surface area contributed by atoms with Gasteiger partial charge >= 0.3 is 0 Å². The van der Waals surface area contributed by atoms with E-state index in [4.69, 9.17) is 4.74 Å². The predicted octanol–water partition coefficient (Wildman–Crippen LogP) is 4.16. The highest BCUT2D eigenvalue weighted by Gasteiger charge is 2.52. The van der Waals surface area contributed by atoms with Crippen molar-refractivity contribution in [2.24, 2.45) is 17.3 Å². The van der Waals surface area contributed by atoms with E-state index in [0.717, 1.165) is 32.1 Å². The fourth-order valence-corrected chi connectivity index (χ4v) is 5.06. The van der Waals surface area contributed by atoms with Crippen molar-refractivity contribution in [2.75, 3.05) is 0 Å². The summed E-state index contributed by atoms with van der Waals surface area (Å²) in [6.45, 7) is 4.39. The van der Waals surface area contributed by atoms with Gasteiger partial charge in [-0.2, -0.15) is 0 Å². The molecule has 20 heavy (non-hydrogen) atoms. The van der Waals surface area contributed by atoms with Crippen LogP contribution in [0.3, 0.4) is 0 Å². The van der Waals surface area contributed by atoms with Gasteiger partial charge in [0.15, 0.2) is 0 Å². The van der Waals surface area contributed by atoms with E-state index in [0.29, 0.717) is 23.7 Å².